The molecule has 1 unspecified atom stereocenters. The quantitative estimate of drug-likeness (QED) is 0.347. The van der Waals surface area contributed by atoms with Crippen LogP contribution in [0.4, 0.5) is 0 Å². The maximum atomic E-state index is 12.8. The van der Waals surface area contributed by atoms with Crippen LogP contribution in [-0.4, -0.2) is 45.7 Å². The lowest BCUT2D eigenvalue weighted by atomic mass is 10.0. The van der Waals surface area contributed by atoms with Crippen molar-refractivity contribution in [2.24, 2.45) is 0 Å². The molecule has 1 fully saturated rings. The normalized spacial score (nSPS) is 20.4. The first kappa shape index (κ1) is 17.2. The van der Waals surface area contributed by atoms with Crippen LogP contribution in [0.3, 0.4) is 0 Å². The minimum Gasteiger partial charge on any atom is -0.295 e. The molecule has 0 bridgehead atoms. The summed E-state index contributed by atoms with van der Waals surface area (Å²) in [6, 6.07) is 4.25. The number of benzene rings is 1. The van der Waals surface area contributed by atoms with Crippen LogP contribution in [0.2, 0.25) is 0 Å². The van der Waals surface area contributed by atoms with Crippen LogP contribution < -0.4 is 5.32 Å². The molecule has 2 aliphatic heterocycles. The lowest BCUT2D eigenvalue weighted by molar-refractivity contribution is -0.136. The molecular weight excluding hydrogens is 396 g/mol. The Hall–Kier alpha value is -1.67. The fraction of sp³-hybridized carbons (Fsp3) is 0.375. The number of carbonyl (C=O) groups is 4. The van der Waals surface area contributed by atoms with E-state index in [1.54, 1.807) is 12.1 Å². The number of thioether (sulfide) groups is 1. The number of piperidine rings is 1. The van der Waals surface area contributed by atoms with Crippen molar-refractivity contribution in [2.75, 3.05) is 11.1 Å². The number of carbonyl (C=O) groups excluding carboxylic acids is 4. The third-order valence-electron chi connectivity index (χ3n) is 3.97. The van der Waals surface area contributed by atoms with Gasteiger partial charge in [0.1, 0.15) is 6.04 Å². The minimum atomic E-state index is -0.921. The van der Waals surface area contributed by atoms with Gasteiger partial charge in [-0.15, -0.1) is 11.8 Å². The number of nitrogens with one attached hydrogen (secondary N) is 1. The third kappa shape index (κ3) is 3.00. The minimum absolute atomic E-state index is 0.122. The second-order valence-corrected chi connectivity index (χ2v) is 7.45. The number of hydrogen-bond donors (Lipinski definition) is 1. The fourth-order valence-electron chi connectivity index (χ4n) is 2.84. The third-order valence-corrected chi connectivity index (χ3v) is 5.67. The lowest BCUT2D eigenvalue weighted by Gasteiger charge is -2.27. The van der Waals surface area contributed by atoms with E-state index in [1.807, 2.05) is 6.07 Å². The van der Waals surface area contributed by atoms with E-state index in [0.717, 1.165) is 27.3 Å². The van der Waals surface area contributed by atoms with Crippen molar-refractivity contribution < 1.29 is 19.2 Å². The Morgan fingerprint density at radius 1 is 1.21 bits per heavy atom. The first-order chi connectivity index (χ1) is 11.5. The Morgan fingerprint density at radius 2 is 2.00 bits per heavy atom. The van der Waals surface area contributed by atoms with Gasteiger partial charge in [0, 0.05) is 16.6 Å². The van der Waals surface area contributed by atoms with Gasteiger partial charge in [0.05, 0.1) is 11.1 Å². The number of alkyl halides is 1. The molecule has 2 heterocycles. The lowest BCUT2D eigenvalue weighted by Crippen LogP contribution is -2.54. The van der Waals surface area contributed by atoms with Crippen molar-refractivity contribution in [1.29, 1.82) is 0 Å². The van der Waals surface area contributed by atoms with Gasteiger partial charge in [-0.2, -0.15) is 0 Å². The number of halogens is 1. The van der Waals surface area contributed by atoms with Crippen LogP contribution in [0, 0.1) is 0 Å². The highest BCUT2D eigenvalue weighted by molar-refractivity contribution is 9.09. The van der Waals surface area contributed by atoms with Gasteiger partial charge in [-0.05, 0) is 30.7 Å². The number of hydrogen-bond acceptors (Lipinski definition) is 5. The molecule has 0 aromatic heterocycles. The molecule has 24 heavy (non-hydrogen) atoms. The zero-order valence-electron chi connectivity index (χ0n) is 12.7. The summed E-state index contributed by atoms with van der Waals surface area (Å²) in [5.41, 5.74) is 0.695. The van der Waals surface area contributed by atoms with Crippen molar-refractivity contribution in [3.63, 3.8) is 0 Å². The molecular formula is C16H15BrN2O4S. The summed E-state index contributed by atoms with van der Waals surface area (Å²) in [5, 5.41) is 3.06. The Balaban J connectivity index is 1.89. The van der Waals surface area contributed by atoms with E-state index < -0.39 is 23.8 Å². The molecule has 0 radical (unpaired) electrons. The molecule has 0 aliphatic carbocycles. The molecule has 6 nitrogen and oxygen atoms in total. The largest absolute Gasteiger partial charge is 0.295 e. The van der Waals surface area contributed by atoms with Crippen LogP contribution in [0.5, 0.6) is 0 Å². The average molecular weight is 411 g/mol. The van der Waals surface area contributed by atoms with E-state index in [1.165, 1.54) is 11.8 Å². The first-order valence-electron chi connectivity index (χ1n) is 7.58. The first-order valence-corrected chi connectivity index (χ1v) is 9.68. The number of nitrogens with zero attached hydrogens (tertiary/aromatic N) is 1. The number of rotatable bonds is 5. The van der Waals surface area contributed by atoms with Gasteiger partial charge < -0.3 is 0 Å². The number of amides is 4. The summed E-state index contributed by atoms with van der Waals surface area (Å²) >= 11 is 4.89. The van der Waals surface area contributed by atoms with Gasteiger partial charge in [-0.1, -0.05) is 22.0 Å². The summed E-state index contributed by atoms with van der Waals surface area (Å²) < 4.78 is 0. The molecule has 1 atom stereocenters. The van der Waals surface area contributed by atoms with E-state index in [4.69, 9.17) is 0 Å². The zero-order valence-corrected chi connectivity index (χ0v) is 15.1. The Kier molecular flexibility index (Phi) is 5.05. The summed E-state index contributed by atoms with van der Waals surface area (Å²) in [6.07, 6.45) is 1.23. The smallest absolute Gasteiger partial charge is 0.263 e. The predicted molar refractivity (Wildman–Crippen MR) is 92.2 cm³/mol. The van der Waals surface area contributed by atoms with E-state index in [-0.39, 0.29) is 18.7 Å². The van der Waals surface area contributed by atoms with E-state index in [0.29, 0.717) is 11.1 Å². The second kappa shape index (κ2) is 7.06. The molecule has 1 aromatic carbocycles. The molecule has 3 rings (SSSR count). The molecule has 8 heteroatoms. The molecule has 4 amide bonds. The van der Waals surface area contributed by atoms with Crippen LogP contribution in [-0.2, 0) is 9.59 Å². The Morgan fingerprint density at radius 3 is 2.71 bits per heavy atom. The second-order valence-electron chi connectivity index (χ2n) is 5.52. The van der Waals surface area contributed by atoms with Crippen molar-refractivity contribution in [3.05, 3.63) is 29.3 Å². The van der Waals surface area contributed by atoms with Gasteiger partial charge >= 0.3 is 0 Å². The molecule has 1 N–H and O–H groups in total. The van der Waals surface area contributed by atoms with Gasteiger partial charge in [-0.3, -0.25) is 29.4 Å². The van der Waals surface area contributed by atoms with E-state index in [2.05, 4.69) is 21.2 Å². The standard InChI is InChI=1S/C16H15BrN2O4S/c17-7-2-8-24-11-4-1-3-9-13(11)16(23)19(15(9)22)10-5-6-12(20)18-14(10)21/h1,3-4,10H,2,5-8H2,(H,18,20,21). The molecule has 0 saturated carbocycles. The number of fused-ring (bicyclic) bond motifs is 1. The highest BCUT2D eigenvalue weighted by Crippen LogP contribution is 2.34. The Bertz CT molecular complexity index is 737. The molecule has 2 aliphatic rings. The van der Waals surface area contributed by atoms with Crippen LogP contribution >= 0.6 is 27.7 Å². The zero-order chi connectivity index (χ0) is 17.3. The topological polar surface area (TPSA) is 83.6 Å². The average Bonchev–Trinajstić information content (AvgIpc) is 2.81. The summed E-state index contributed by atoms with van der Waals surface area (Å²) in [4.78, 5) is 50.5. The van der Waals surface area contributed by atoms with Crippen molar-refractivity contribution >= 4 is 51.3 Å². The molecule has 126 valence electrons. The fourth-order valence-corrected chi connectivity index (χ4v) is 4.52. The van der Waals surface area contributed by atoms with Crippen molar-refractivity contribution in [2.45, 2.75) is 30.2 Å². The summed E-state index contributed by atoms with van der Waals surface area (Å²) in [5.74, 6) is -1.06. The van der Waals surface area contributed by atoms with Crippen molar-refractivity contribution in [1.82, 2.24) is 10.2 Å². The van der Waals surface area contributed by atoms with Crippen molar-refractivity contribution in [3.8, 4) is 0 Å². The molecule has 0 spiro atoms. The van der Waals surface area contributed by atoms with Gasteiger partial charge in [-0.25, -0.2) is 0 Å². The van der Waals surface area contributed by atoms with Gasteiger partial charge in [0.2, 0.25) is 11.8 Å². The van der Waals surface area contributed by atoms with E-state index >= 15 is 0 Å². The SMILES string of the molecule is O=C1CCC(N2C(=O)c3cccc(SCCCBr)c3C2=O)C(=O)N1. The number of imide groups is 2. The van der Waals surface area contributed by atoms with Crippen LogP contribution in [0.1, 0.15) is 40.0 Å². The molecule has 1 aromatic rings. The highest BCUT2D eigenvalue weighted by atomic mass is 79.9. The maximum absolute atomic E-state index is 12.8. The Labute approximate surface area is 151 Å². The highest BCUT2D eigenvalue weighted by Gasteiger charge is 2.45. The van der Waals surface area contributed by atoms with Gasteiger partial charge in [0.15, 0.2) is 0 Å². The van der Waals surface area contributed by atoms with Gasteiger partial charge in [0.25, 0.3) is 11.8 Å². The monoisotopic (exact) mass is 410 g/mol. The summed E-state index contributed by atoms with van der Waals surface area (Å²) in [7, 11) is 0. The van der Waals surface area contributed by atoms with Crippen LogP contribution in [0.25, 0.3) is 0 Å². The van der Waals surface area contributed by atoms with Crippen LogP contribution in [0.15, 0.2) is 23.1 Å². The molecule has 1 saturated heterocycles. The summed E-state index contributed by atoms with van der Waals surface area (Å²) in [6.45, 7) is 0. The van der Waals surface area contributed by atoms with E-state index in [9.17, 15) is 19.2 Å². The maximum Gasteiger partial charge on any atom is 0.263 e. The predicted octanol–water partition coefficient (Wildman–Crippen LogP) is 1.96.